The zero-order valence-electron chi connectivity index (χ0n) is 11.1. The van der Waals surface area contributed by atoms with Gasteiger partial charge in [0.05, 0.1) is 0 Å². The third kappa shape index (κ3) is 6.84. The molecule has 0 radical (unpaired) electrons. The molecule has 3 nitrogen and oxygen atoms in total. The van der Waals surface area contributed by atoms with Crippen molar-refractivity contribution in [2.24, 2.45) is 0 Å². The van der Waals surface area contributed by atoms with Gasteiger partial charge in [-0.3, -0.25) is 0 Å². The molecule has 19 heavy (non-hydrogen) atoms. The van der Waals surface area contributed by atoms with E-state index in [1.54, 1.807) is 18.2 Å². The van der Waals surface area contributed by atoms with Gasteiger partial charge in [-0.1, -0.05) is 15.9 Å². The molecule has 0 aliphatic rings. The summed E-state index contributed by atoms with van der Waals surface area (Å²) in [6, 6.07) is 5.02. The number of rotatable bonds is 8. The van der Waals surface area contributed by atoms with Crippen LogP contribution in [0.5, 0.6) is 5.75 Å². The van der Waals surface area contributed by atoms with Crippen molar-refractivity contribution in [3.05, 3.63) is 28.2 Å². The maximum Gasteiger partial charge on any atom is 0.387 e. The largest absolute Gasteiger partial charge is 0.434 e. The molecular weight excluding hydrogens is 318 g/mol. The number of benzene rings is 1. The maximum atomic E-state index is 12.3. The molecule has 0 saturated carbocycles. The molecule has 1 N–H and O–H groups in total. The lowest BCUT2D eigenvalue weighted by Crippen LogP contribution is -2.21. The van der Waals surface area contributed by atoms with Crippen molar-refractivity contribution in [2.75, 3.05) is 27.2 Å². The van der Waals surface area contributed by atoms with Crippen LogP contribution in [0, 0.1) is 0 Å². The fraction of sp³-hybridized carbons (Fsp3) is 0.538. The summed E-state index contributed by atoms with van der Waals surface area (Å²) in [5.74, 6) is 0.221. The molecule has 0 fully saturated rings. The Morgan fingerprint density at radius 1 is 1.37 bits per heavy atom. The Hall–Kier alpha value is -0.720. The Morgan fingerprint density at radius 2 is 2.11 bits per heavy atom. The second-order valence-electron chi connectivity index (χ2n) is 4.46. The molecule has 0 heterocycles. The predicted octanol–water partition coefficient (Wildman–Crippen LogP) is 3.09. The predicted molar refractivity (Wildman–Crippen MR) is 75.7 cm³/mol. The second kappa shape index (κ2) is 8.45. The summed E-state index contributed by atoms with van der Waals surface area (Å²) in [7, 11) is 4.03. The summed E-state index contributed by atoms with van der Waals surface area (Å²) < 4.78 is 29.9. The van der Waals surface area contributed by atoms with Gasteiger partial charge in [-0.05, 0) is 51.8 Å². The van der Waals surface area contributed by atoms with Crippen molar-refractivity contribution in [1.29, 1.82) is 0 Å². The summed E-state index contributed by atoms with van der Waals surface area (Å²) in [6.45, 7) is -0.465. The van der Waals surface area contributed by atoms with Gasteiger partial charge in [-0.2, -0.15) is 8.78 Å². The number of halogens is 3. The Morgan fingerprint density at radius 3 is 2.74 bits per heavy atom. The van der Waals surface area contributed by atoms with Crippen LogP contribution in [0.3, 0.4) is 0 Å². The van der Waals surface area contributed by atoms with Gasteiger partial charge in [-0.15, -0.1) is 0 Å². The summed E-state index contributed by atoms with van der Waals surface area (Å²) in [5, 5.41) is 3.23. The van der Waals surface area contributed by atoms with Gasteiger partial charge >= 0.3 is 6.61 Å². The lowest BCUT2D eigenvalue weighted by Gasteiger charge is -2.13. The van der Waals surface area contributed by atoms with E-state index in [1.165, 1.54) is 0 Å². The average Bonchev–Trinajstić information content (AvgIpc) is 2.31. The van der Waals surface area contributed by atoms with Crippen molar-refractivity contribution in [2.45, 2.75) is 19.6 Å². The molecule has 1 aromatic rings. The van der Waals surface area contributed by atoms with E-state index in [-0.39, 0.29) is 5.75 Å². The summed E-state index contributed by atoms with van der Waals surface area (Å²) in [6.07, 6.45) is 1.01. The van der Waals surface area contributed by atoms with Crippen LogP contribution in [0.2, 0.25) is 0 Å². The molecule has 0 amide bonds. The van der Waals surface area contributed by atoms with Gasteiger partial charge in [0.25, 0.3) is 0 Å². The first-order chi connectivity index (χ1) is 8.99. The highest BCUT2D eigenvalue weighted by molar-refractivity contribution is 9.10. The fourth-order valence-corrected chi connectivity index (χ4v) is 2.05. The molecule has 0 aliphatic carbocycles. The van der Waals surface area contributed by atoms with E-state index in [9.17, 15) is 8.78 Å². The Kier molecular flexibility index (Phi) is 7.27. The molecule has 0 spiro atoms. The fourth-order valence-electron chi connectivity index (χ4n) is 1.64. The molecule has 0 atom stereocenters. The van der Waals surface area contributed by atoms with E-state index < -0.39 is 6.61 Å². The number of hydrogen-bond acceptors (Lipinski definition) is 3. The maximum absolute atomic E-state index is 12.3. The minimum atomic E-state index is -2.80. The lowest BCUT2D eigenvalue weighted by atomic mass is 10.2. The summed E-state index contributed by atoms with van der Waals surface area (Å²) in [4.78, 5) is 2.10. The quantitative estimate of drug-likeness (QED) is 0.738. The van der Waals surface area contributed by atoms with Crippen LogP contribution in [0.15, 0.2) is 22.7 Å². The number of ether oxygens (including phenoxy) is 1. The zero-order valence-corrected chi connectivity index (χ0v) is 12.7. The summed E-state index contributed by atoms with van der Waals surface area (Å²) >= 11 is 3.33. The molecule has 108 valence electrons. The van der Waals surface area contributed by atoms with E-state index in [0.29, 0.717) is 6.54 Å². The van der Waals surface area contributed by atoms with Crippen LogP contribution in [0.1, 0.15) is 12.0 Å². The minimum Gasteiger partial charge on any atom is -0.434 e. The number of nitrogens with one attached hydrogen (secondary N) is 1. The Labute approximate surface area is 121 Å². The third-order valence-electron chi connectivity index (χ3n) is 2.51. The highest BCUT2D eigenvalue weighted by Gasteiger charge is 2.09. The highest BCUT2D eigenvalue weighted by Crippen LogP contribution is 2.24. The van der Waals surface area contributed by atoms with Crippen LogP contribution in [0.4, 0.5) is 8.78 Å². The van der Waals surface area contributed by atoms with Gasteiger partial charge in [0.2, 0.25) is 0 Å². The standard InChI is InChI=1S/C13H19BrF2N2O/c1-18(2)7-3-6-17-9-10-8-11(14)4-5-12(10)19-13(15)16/h4-5,8,13,17H,3,6-7,9H2,1-2H3. The minimum absolute atomic E-state index is 0.221. The van der Waals surface area contributed by atoms with Crippen LogP contribution in [0.25, 0.3) is 0 Å². The Bertz CT molecular complexity index is 389. The average molecular weight is 337 g/mol. The molecular formula is C13H19BrF2N2O. The highest BCUT2D eigenvalue weighted by atomic mass is 79.9. The van der Waals surface area contributed by atoms with Crippen LogP contribution < -0.4 is 10.1 Å². The van der Waals surface area contributed by atoms with E-state index in [2.05, 4.69) is 30.9 Å². The summed E-state index contributed by atoms with van der Waals surface area (Å²) in [5.41, 5.74) is 0.722. The van der Waals surface area contributed by atoms with Gasteiger partial charge in [0, 0.05) is 16.6 Å². The molecule has 6 heteroatoms. The zero-order chi connectivity index (χ0) is 14.3. The van der Waals surface area contributed by atoms with Gasteiger partial charge in [-0.25, -0.2) is 0 Å². The van der Waals surface area contributed by atoms with Crippen molar-refractivity contribution < 1.29 is 13.5 Å². The first-order valence-electron chi connectivity index (χ1n) is 6.07. The van der Waals surface area contributed by atoms with Crippen molar-refractivity contribution in [1.82, 2.24) is 10.2 Å². The normalized spacial score (nSPS) is 11.3. The molecule has 1 rings (SSSR count). The lowest BCUT2D eigenvalue weighted by molar-refractivity contribution is -0.0505. The third-order valence-corrected chi connectivity index (χ3v) is 3.01. The van der Waals surface area contributed by atoms with E-state index >= 15 is 0 Å². The molecule has 1 aromatic carbocycles. The number of alkyl halides is 2. The monoisotopic (exact) mass is 336 g/mol. The smallest absolute Gasteiger partial charge is 0.387 e. The van der Waals surface area contributed by atoms with Gasteiger partial charge in [0.1, 0.15) is 5.75 Å². The number of hydrogen-bond donors (Lipinski definition) is 1. The van der Waals surface area contributed by atoms with Crippen molar-refractivity contribution in [3.63, 3.8) is 0 Å². The van der Waals surface area contributed by atoms with Crippen LogP contribution in [-0.4, -0.2) is 38.7 Å². The van der Waals surface area contributed by atoms with E-state index in [4.69, 9.17) is 0 Å². The molecule has 0 unspecified atom stereocenters. The van der Waals surface area contributed by atoms with Crippen molar-refractivity contribution >= 4 is 15.9 Å². The first kappa shape index (κ1) is 16.3. The van der Waals surface area contributed by atoms with E-state index in [0.717, 1.165) is 29.5 Å². The Balaban J connectivity index is 2.48. The SMILES string of the molecule is CN(C)CCCNCc1cc(Br)ccc1OC(F)F. The topological polar surface area (TPSA) is 24.5 Å². The van der Waals surface area contributed by atoms with Crippen LogP contribution in [-0.2, 0) is 6.54 Å². The van der Waals surface area contributed by atoms with Crippen LogP contribution >= 0.6 is 15.9 Å². The van der Waals surface area contributed by atoms with E-state index in [1.807, 2.05) is 14.1 Å². The van der Waals surface area contributed by atoms with Gasteiger partial charge in [0.15, 0.2) is 0 Å². The second-order valence-corrected chi connectivity index (χ2v) is 5.38. The van der Waals surface area contributed by atoms with Gasteiger partial charge < -0.3 is 15.0 Å². The first-order valence-corrected chi connectivity index (χ1v) is 6.87. The molecule has 0 saturated heterocycles. The molecule has 0 bridgehead atoms. The van der Waals surface area contributed by atoms with Crippen molar-refractivity contribution in [3.8, 4) is 5.75 Å². The molecule has 0 aromatic heterocycles. The molecule has 0 aliphatic heterocycles. The number of nitrogens with zero attached hydrogens (tertiary/aromatic N) is 1.